The van der Waals surface area contributed by atoms with Crippen LogP contribution in [0.15, 0.2) is 48.6 Å². The average molecular weight is 250 g/mol. The van der Waals surface area contributed by atoms with Gasteiger partial charge in [-0.15, -0.1) is 0 Å². The second kappa shape index (κ2) is 5.56. The number of primary amides is 1. The van der Waals surface area contributed by atoms with Gasteiger partial charge >= 0.3 is 0 Å². The molecular weight excluding hydrogens is 240 g/mol. The zero-order chi connectivity index (χ0) is 13.7. The van der Waals surface area contributed by atoms with Crippen LogP contribution in [-0.4, -0.2) is 15.9 Å². The molecular formula is C14H10N4O. The van der Waals surface area contributed by atoms with Crippen molar-refractivity contribution in [1.82, 2.24) is 9.97 Å². The lowest BCUT2D eigenvalue weighted by Gasteiger charge is -2.01. The highest BCUT2D eigenvalue weighted by molar-refractivity contribution is 6.00. The van der Waals surface area contributed by atoms with Gasteiger partial charge in [0, 0.05) is 18.0 Å². The highest BCUT2D eigenvalue weighted by Gasteiger charge is 2.03. The minimum Gasteiger partial charge on any atom is -0.365 e. The highest BCUT2D eigenvalue weighted by atomic mass is 16.1. The summed E-state index contributed by atoms with van der Waals surface area (Å²) < 4.78 is 0. The van der Waals surface area contributed by atoms with Crippen LogP contribution in [0.4, 0.5) is 0 Å². The molecule has 0 aliphatic heterocycles. The van der Waals surface area contributed by atoms with E-state index in [0.717, 1.165) is 16.7 Å². The number of nitrogens with two attached hydrogens (primary N) is 1. The fourth-order valence-electron chi connectivity index (χ4n) is 1.55. The number of rotatable bonds is 3. The van der Waals surface area contributed by atoms with Crippen molar-refractivity contribution in [2.24, 2.45) is 5.73 Å². The van der Waals surface area contributed by atoms with Gasteiger partial charge in [0.15, 0.2) is 0 Å². The zero-order valence-electron chi connectivity index (χ0n) is 9.95. The molecule has 2 aromatic rings. The fraction of sp³-hybridized carbons (Fsp3) is 0. The van der Waals surface area contributed by atoms with E-state index in [4.69, 9.17) is 11.0 Å². The predicted molar refractivity (Wildman–Crippen MR) is 70.3 cm³/mol. The lowest BCUT2D eigenvalue weighted by molar-refractivity contribution is -0.114. The summed E-state index contributed by atoms with van der Waals surface area (Å²) in [5, 5.41) is 8.75. The van der Waals surface area contributed by atoms with E-state index in [-0.39, 0.29) is 5.57 Å². The maximum Gasteiger partial charge on any atom is 0.259 e. The molecule has 0 atom stereocenters. The molecule has 1 amide bonds. The number of aromatic nitrogens is 2. The Morgan fingerprint density at radius 3 is 2.32 bits per heavy atom. The van der Waals surface area contributed by atoms with Gasteiger partial charge in [-0.05, 0) is 17.2 Å². The minimum absolute atomic E-state index is 0.0733. The van der Waals surface area contributed by atoms with E-state index >= 15 is 0 Å². The standard InChI is InChI=1S/C14H10N4O/c15-6-12(14(16)19)5-10-1-3-11(4-2-10)13-7-17-9-18-8-13/h1-5,7-9H,(H2,16,19). The Kier molecular flexibility index (Phi) is 3.64. The van der Waals surface area contributed by atoms with Gasteiger partial charge in [0.05, 0.1) is 0 Å². The van der Waals surface area contributed by atoms with Crippen molar-refractivity contribution in [2.75, 3.05) is 0 Å². The first kappa shape index (κ1) is 12.5. The number of amides is 1. The van der Waals surface area contributed by atoms with Crippen LogP contribution in [0.2, 0.25) is 0 Å². The molecule has 0 fully saturated rings. The van der Waals surface area contributed by atoms with Gasteiger partial charge in [0.2, 0.25) is 0 Å². The maximum atomic E-state index is 10.9. The molecule has 0 bridgehead atoms. The molecule has 2 N–H and O–H groups in total. The van der Waals surface area contributed by atoms with Crippen molar-refractivity contribution in [3.63, 3.8) is 0 Å². The third kappa shape index (κ3) is 3.01. The lowest BCUT2D eigenvalue weighted by atomic mass is 10.1. The largest absolute Gasteiger partial charge is 0.365 e. The van der Waals surface area contributed by atoms with Crippen molar-refractivity contribution in [2.45, 2.75) is 0 Å². The summed E-state index contributed by atoms with van der Waals surface area (Å²) in [6.45, 7) is 0. The van der Waals surface area contributed by atoms with Crippen LogP contribution >= 0.6 is 0 Å². The Morgan fingerprint density at radius 2 is 1.79 bits per heavy atom. The molecule has 5 heteroatoms. The Morgan fingerprint density at radius 1 is 1.16 bits per heavy atom. The van der Waals surface area contributed by atoms with Gasteiger partial charge in [0.25, 0.3) is 5.91 Å². The summed E-state index contributed by atoms with van der Waals surface area (Å²) in [5.41, 5.74) is 7.58. The summed E-state index contributed by atoms with van der Waals surface area (Å²) in [6.07, 6.45) is 6.34. The average Bonchev–Trinajstić information content (AvgIpc) is 2.46. The number of nitrogens with zero attached hydrogens (tertiary/aromatic N) is 3. The minimum atomic E-state index is -0.733. The van der Waals surface area contributed by atoms with Crippen LogP contribution in [0.5, 0.6) is 0 Å². The Labute approximate surface area is 110 Å². The Bertz CT molecular complexity index is 654. The number of carbonyl (C=O) groups excluding carboxylic acids is 1. The van der Waals surface area contributed by atoms with Crippen molar-refractivity contribution < 1.29 is 4.79 Å². The molecule has 1 aromatic heterocycles. The molecule has 0 unspecified atom stereocenters. The molecule has 0 radical (unpaired) electrons. The highest BCUT2D eigenvalue weighted by Crippen LogP contribution is 2.18. The van der Waals surface area contributed by atoms with Crippen LogP contribution < -0.4 is 5.73 Å². The normalized spacial score (nSPS) is 10.8. The zero-order valence-corrected chi connectivity index (χ0v) is 9.95. The molecule has 92 valence electrons. The van der Waals surface area contributed by atoms with E-state index in [2.05, 4.69) is 9.97 Å². The van der Waals surface area contributed by atoms with E-state index in [1.54, 1.807) is 30.6 Å². The molecule has 2 rings (SSSR count). The number of hydrogen-bond acceptors (Lipinski definition) is 4. The third-order valence-corrected chi connectivity index (χ3v) is 2.50. The van der Waals surface area contributed by atoms with Gasteiger partial charge in [-0.25, -0.2) is 9.97 Å². The van der Waals surface area contributed by atoms with Gasteiger partial charge in [-0.3, -0.25) is 4.79 Å². The number of hydrogen-bond donors (Lipinski definition) is 1. The van der Waals surface area contributed by atoms with Gasteiger partial charge < -0.3 is 5.73 Å². The van der Waals surface area contributed by atoms with E-state index in [1.807, 2.05) is 12.1 Å². The first-order valence-electron chi connectivity index (χ1n) is 5.48. The van der Waals surface area contributed by atoms with Crippen LogP contribution in [0.25, 0.3) is 17.2 Å². The number of nitriles is 1. The van der Waals surface area contributed by atoms with E-state index in [9.17, 15) is 4.79 Å². The van der Waals surface area contributed by atoms with Crippen molar-refractivity contribution >= 4 is 12.0 Å². The van der Waals surface area contributed by atoms with E-state index < -0.39 is 5.91 Å². The van der Waals surface area contributed by atoms with Gasteiger partial charge in [-0.2, -0.15) is 5.26 Å². The summed E-state index contributed by atoms with van der Waals surface area (Å²) in [4.78, 5) is 18.8. The summed E-state index contributed by atoms with van der Waals surface area (Å²) in [5.74, 6) is -0.733. The maximum absolute atomic E-state index is 10.9. The predicted octanol–water partition coefficient (Wildman–Crippen LogP) is 1.54. The van der Waals surface area contributed by atoms with Gasteiger partial charge in [-0.1, -0.05) is 24.3 Å². The fourth-order valence-corrected chi connectivity index (χ4v) is 1.55. The quantitative estimate of drug-likeness (QED) is 0.660. The third-order valence-electron chi connectivity index (χ3n) is 2.50. The lowest BCUT2D eigenvalue weighted by Crippen LogP contribution is -2.12. The first-order valence-corrected chi connectivity index (χ1v) is 5.48. The molecule has 0 aliphatic carbocycles. The van der Waals surface area contributed by atoms with Crippen LogP contribution in [0.3, 0.4) is 0 Å². The van der Waals surface area contributed by atoms with E-state index in [1.165, 1.54) is 12.4 Å². The first-order chi connectivity index (χ1) is 9.20. The number of carbonyl (C=O) groups is 1. The summed E-state index contributed by atoms with van der Waals surface area (Å²) in [7, 11) is 0. The molecule has 0 aliphatic rings. The van der Waals surface area contributed by atoms with Crippen LogP contribution in [0.1, 0.15) is 5.56 Å². The molecule has 0 saturated heterocycles. The van der Waals surface area contributed by atoms with E-state index in [0.29, 0.717) is 0 Å². The molecule has 1 aromatic carbocycles. The Balaban J connectivity index is 2.30. The van der Waals surface area contributed by atoms with Crippen molar-refractivity contribution in [3.05, 3.63) is 54.1 Å². The summed E-state index contributed by atoms with van der Waals surface area (Å²) >= 11 is 0. The van der Waals surface area contributed by atoms with Crippen LogP contribution in [-0.2, 0) is 4.79 Å². The van der Waals surface area contributed by atoms with Gasteiger partial charge in [0.1, 0.15) is 18.0 Å². The molecule has 19 heavy (non-hydrogen) atoms. The topological polar surface area (TPSA) is 92.7 Å². The monoisotopic (exact) mass is 250 g/mol. The Hall–Kier alpha value is -3.00. The molecule has 5 nitrogen and oxygen atoms in total. The smallest absolute Gasteiger partial charge is 0.259 e. The second-order valence-corrected chi connectivity index (χ2v) is 3.78. The summed E-state index contributed by atoms with van der Waals surface area (Å²) in [6, 6.07) is 9.07. The number of benzene rings is 1. The van der Waals surface area contributed by atoms with Crippen LogP contribution in [0, 0.1) is 11.3 Å². The molecule has 1 heterocycles. The SMILES string of the molecule is N#CC(=Cc1ccc(-c2cncnc2)cc1)C(N)=O. The van der Waals surface area contributed by atoms with Crippen molar-refractivity contribution in [3.8, 4) is 17.2 Å². The van der Waals surface area contributed by atoms with Crippen molar-refractivity contribution in [1.29, 1.82) is 5.26 Å². The molecule has 0 spiro atoms. The molecule has 0 saturated carbocycles. The second-order valence-electron chi connectivity index (χ2n) is 3.78.